The van der Waals surface area contributed by atoms with E-state index in [-0.39, 0.29) is 5.91 Å². The summed E-state index contributed by atoms with van der Waals surface area (Å²) in [5.41, 5.74) is 2.49. The minimum absolute atomic E-state index is 0.0872. The summed E-state index contributed by atoms with van der Waals surface area (Å²) < 4.78 is 5.14. The van der Waals surface area contributed by atoms with E-state index in [1.807, 2.05) is 19.1 Å². The monoisotopic (exact) mass is 245 g/mol. The second kappa shape index (κ2) is 5.35. The van der Waals surface area contributed by atoms with E-state index >= 15 is 0 Å². The predicted molar refractivity (Wildman–Crippen MR) is 68.4 cm³/mol. The second-order valence-corrected chi connectivity index (χ2v) is 3.88. The van der Waals surface area contributed by atoms with Gasteiger partial charge in [-0.25, -0.2) is 4.98 Å². The molecule has 0 aliphatic heterocycles. The molecule has 0 aliphatic carbocycles. The van der Waals surface area contributed by atoms with Crippen LogP contribution in [-0.4, -0.2) is 17.9 Å². The Hall–Kier alpha value is -2.30. The van der Waals surface area contributed by atoms with E-state index in [0.29, 0.717) is 12.1 Å². The van der Waals surface area contributed by atoms with Crippen LogP contribution in [0.5, 0.6) is 0 Å². The molecule has 2 aromatic rings. The first-order chi connectivity index (χ1) is 8.72. The van der Waals surface area contributed by atoms with E-state index in [1.54, 1.807) is 19.3 Å². The molecule has 1 aromatic heterocycles. The maximum Gasteiger partial charge on any atom is 0.251 e. The van der Waals surface area contributed by atoms with Crippen molar-refractivity contribution in [3.05, 3.63) is 47.7 Å². The average Bonchev–Trinajstić information content (AvgIpc) is 2.90. The van der Waals surface area contributed by atoms with Crippen molar-refractivity contribution in [2.75, 3.05) is 12.4 Å². The molecule has 94 valence electrons. The Morgan fingerprint density at radius 3 is 2.94 bits per heavy atom. The summed E-state index contributed by atoms with van der Waals surface area (Å²) >= 11 is 0. The highest BCUT2D eigenvalue weighted by Crippen LogP contribution is 2.19. The quantitative estimate of drug-likeness (QED) is 0.864. The van der Waals surface area contributed by atoms with Gasteiger partial charge < -0.3 is 15.1 Å². The number of anilines is 1. The highest BCUT2D eigenvalue weighted by atomic mass is 16.3. The van der Waals surface area contributed by atoms with E-state index in [2.05, 4.69) is 15.6 Å². The summed E-state index contributed by atoms with van der Waals surface area (Å²) in [7, 11) is 1.62. The maximum absolute atomic E-state index is 11.7. The molecular formula is C13H15N3O2. The van der Waals surface area contributed by atoms with Crippen LogP contribution in [0.4, 0.5) is 5.69 Å². The van der Waals surface area contributed by atoms with E-state index in [4.69, 9.17) is 4.42 Å². The minimum Gasteiger partial charge on any atom is -0.447 e. The van der Waals surface area contributed by atoms with Gasteiger partial charge >= 0.3 is 0 Å². The number of amides is 1. The molecule has 18 heavy (non-hydrogen) atoms. The van der Waals surface area contributed by atoms with Crippen molar-refractivity contribution < 1.29 is 9.21 Å². The summed E-state index contributed by atoms with van der Waals surface area (Å²) in [6.45, 7) is 2.45. The van der Waals surface area contributed by atoms with Crippen molar-refractivity contribution in [1.82, 2.24) is 10.3 Å². The van der Waals surface area contributed by atoms with Crippen LogP contribution in [0.1, 0.15) is 21.7 Å². The number of aromatic nitrogens is 1. The first-order valence-corrected chi connectivity index (χ1v) is 5.65. The normalized spacial score (nSPS) is 10.1. The molecule has 0 unspecified atom stereocenters. The van der Waals surface area contributed by atoms with Crippen LogP contribution >= 0.6 is 0 Å². The molecule has 0 fully saturated rings. The van der Waals surface area contributed by atoms with Crippen molar-refractivity contribution >= 4 is 11.6 Å². The number of benzene rings is 1. The summed E-state index contributed by atoms with van der Waals surface area (Å²) in [6, 6.07) is 5.58. The van der Waals surface area contributed by atoms with Gasteiger partial charge in [-0.05, 0) is 24.6 Å². The standard InChI is InChI=1S/C13H15N3O2/c1-9-11(13(17)14-2)4-3-5-12(9)16-7-10-6-15-8-18-10/h3-6,8,16H,7H2,1-2H3,(H,14,17). The van der Waals surface area contributed by atoms with Crippen molar-refractivity contribution in [2.24, 2.45) is 0 Å². The van der Waals surface area contributed by atoms with Gasteiger partial charge in [-0.2, -0.15) is 0 Å². The number of hydrogen-bond donors (Lipinski definition) is 2. The fourth-order valence-corrected chi connectivity index (χ4v) is 1.72. The summed E-state index contributed by atoms with van der Waals surface area (Å²) in [6.07, 6.45) is 3.05. The van der Waals surface area contributed by atoms with Gasteiger partial charge in [0.1, 0.15) is 5.76 Å². The molecule has 1 heterocycles. The average molecular weight is 245 g/mol. The second-order valence-electron chi connectivity index (χ2n) is 3.88. The lowest BCUT2D eigenvalue weighted by molar-refractivity contribution is 0.0962. The largest absolute Gasteiger partial charge is 0.447 e. The van der Waals surface area contributed by atoms with Gasteiger partial charge in [0.25, 0.3) is 5.91 Å². The van der Waals surface area contributed by atoms with Gasteiger partial charge in [0.15, 0.2) is 6.39 Å². The molecule has 0 bridgehead atoms. The Labute approximate surface area is 105 Å². The Morgan fingerprint density at radius 1 is 1.44 bits per heavy atom. The molecule has 2 rings (SSSR count). The molecule has 0 atom stereocenters. The lowest BCUT2D eigenvalue weighted by Gasteiger charge is -2.11. The molecule has 0 spiro atoms. The third-order valence-electron chi connectivity index (χ3n) is 2.74. The fraction of sp³-hybridized carbons (Fsp3) is 0.231. The lowest BCUT2D eigenvalue weighted by atomic mass is 10.1. The van der Waals surface area contributed by atoms with Crippen LogP contribution in [0, 0.1) is 6.92 Å². The van der Waals surface area contributed by atoms with Gasteiger partial charge in [-0.1, -0.05) is 6.07 Å². The first kappa shape index (κ1) is 12.2. The SMILES string of the molecule is CNC(=O)c1cccc(NCc2cnco2)c1C. The lowest BCUT2D eigenvalue weighted by Crippen LogP contribution is -2.19. The smallest absolute Gasteiger partial charge is 0.251 e. The first-order valence-electron chi connectivity index (χ1n) is 5.65. The summed E-state index contributed by atoms with van der Waals surface area (Å²) in [5.74, 6) is 0.663. The van der Waals surface area contributed by atoms with Gasteiger partial charge in [-0.3, -0.25) is 4.79 Å². The number of nitrogens with one attached hydrogen (secondary N) is 2. The van der Waals surface area contributed by atoms with Gasteiger partial charge in [0.05, 0.1) is 12.7 Å². The number of oxazole rings is 1. The van der Waals surface area contributed by atoms with Crippen LogP contribution in [-0.2, 0) is 6.54 Å². The third kappa shape index (κ3) is 2.51. The van der Waals surface area contributed by atoms with Crippen LogP contribution in [0.25, 0.3) is 0 Å². The Bertz CT molecular complexity index is 535. The molecule has 5 heteroatoms. The number of rotatable bonds is 4. The highest BCUT2D eigenvalue weighted by molar-refractivity contribution is 5.96. The Balaban J connectivity index is 2.16. The van der Waals surface area contributed by atoms with Crippen LogP contribution in [0.15, 0.2) is 35.2 Å². The van der Waals surface area contributed by atoms with Crippen LogP contribution in [0.2, 0.25) is 0 Å². The van der Waals surface area contributed by atoms with Crippen molar-refractivity contribution in [2.45, 2.75) is 13.5 Å². The topological polar surface area (TPSA) is 67.2 Å². The number of nitrogens with zero attached hydrogens (tertiary/aromatic N) is 1. The minimum atomic E-state index is -0.0872. The molecule has 1 aromatic carbocycles. The zero-order valence-corrected chi connectivity index (χ0v) is 10.4. The highest BCUT2D eigenvalue weighted by Gasteiger charge is 2.10. The van der Waals surface area contributed by atoms with E-state index in [9.17, 15) is 4.79 Å². The number of hydrogen-bond acceptors (Lipinski definition) is 4. The summed E-state index contributed by atoms with van der Waals surface area (Å²) in [4.78, 5) is 15.5. The maximum atomic E-state index is 11.7. The van der Waals surface area contributed by atoms with Gasteiger partial charge in [-0.15, -0.1) is 0 Å². The number of carbonyl (C=O) groups is 1. The molecular weight excluding hydrogens is 230 g/mol. The summed E-state index contributed by atoms with van der Waals surface area (Å²) in [5, 5.41) is 5.84. The molecule has 0 radical (unpaired) electrons. The van der Waals surface area contributed by atoms with Crippen LogP contribution in [0.3, 0.4) is 0 Å². The van der Waals surface area contributed by atoms with E-state index in [1.165, 1.54) is 6.39 Å². The van der Waals surface area contributed by atoms with Gasteiger partial charge in [0.2, 0.25) is 0 Å². The zero-order valence-electron chi connectivity index (χ0n) is 10.4. The van der Waals surface area contributed by atoms with E-state index < -0.39 is 0 Å². The molecule has 0 saturated heterocycles. The fourth-order valence-electron chi connectivity index (χ4n) is 1.72. The third-order valence-corrected chi connectivity index (χ3v) is 2.74. The van der Waals surface area contributed by atoms with E-state index in [0.717, 1.165) is 17.0 Å². The molecule has 0 aliphatic rings. The number of carbonyl (C=O) groups excluding carboxylic acids is 1. The molecule has 1 amide bonds. The molecule has 5 nitrogen and oxygen atoms in total. The van der Waals surface area contributed by atoms with Crippen molar-refractivity contribution in [3.63, 3.8) is 0 Å². The van der Waals surface area contributed by atoms with Crippen molar-refractivity contribution in [1.29, 1.82) is 0 Å². The molecule has 2 N–H and O–H groups in total. The Morgan fingerprint density at radius 2 is 2.28 bits per heavy atom. The zero-order chi connectivity index (χ0) is 13.0. The Kier molecular flexibility index (Phi) is 3.62. The van der Waals surface area contributed by atoms with Crippen molar-refractivity contribution in [3.8, 4) is 0 Å². The van der Waals surface area contributed by atoms with Gasteiger partial charge in [0, 0.05) is 18.3 Å². The molecule has 0 saturated carbocycles. The predicted octanol–water partition coefficient (Wildman–Crippen LogP) is 1.95. The van der Waals surface area contributed by atoms with Crippen LogP contribution < -0.4 is 10.6 Å².